The highest BCUT2D eigenvalue weighted by atomic mass is 19.4. The summed E-state index contributed by atoms with van der Waals surface area (Å²) in [6, 6.07) is 9.98. The Morgan fingerprint density at radius 2 is 1.76 bits per heavy atom. The maximum Gasteiger partial charge on any atom is 0.454 e. The summed E-state index contributed by atoms with van der Waals surface area (Å²) in [5.41, 5.74) is 0.557. The molecule has 0 N–H and O–H groups in total. The Labute approximate surface area is 146 Å². The van der Waals surface area contributed by atoms with E-state index in [0.29, 0.717) is 6.42 Å². The fraction of sp³-hybridized carbons (Fsp3) is 0.450. The summed E-state index contributed by atoms with van der Waals surface area (Å²) in [5.74, 6) is -1.75. The standard InChI is InChI=1S/C20H22F3NO/c21-20(22,23)18(25)17-9-11-19(12-10-17,24-13-5-2-6-14-24)15-16-7-3-1-4-8-16/h1,3-4,7-11H,2,5-6,12-15H2. The lowest BCUT2D eigenvalue weighted by Crippen LogP contribution is -2.51. The van der Waals surface area contributed by atoms with Crippen LogP contribution in [0.4, 0.5) is 13.2 Å². The van der Waals surface area contributed by atoms with Crippen LogP contribution in [0.25, 0.3) is 0 Å². The number of Topliss-reactive ketones (excluding diaryl/α,β-unsaturated/α-hetero) is 1. The molecule has 1 saturated heterocycles. The largest absolute Gasteiger partial charge is 0.454 e. The van der Waals surface area contributed by atoms with Gasteiger partial charge in [-0.05, 0) is 44.3 Å². The van der Waals surface area contributed by atoms with Crippen molar-refractivity contribution < 1.29 is 18.0 Å². The zero-order valence-electron chi connectivity index (χ0n) is 14.1. The normalized spacial score (nSPS) is 24.8. The predicted molar refractivity (Wildman–Crippen MR) is 91.2 cm³/mol. The Morgan fingerprint density at radius 3 is 2.32 bits per heavy atom. The van der Waals surface area contributed by atoms with Gasteiger partial charge in [-0.1, -0.05) is 55.0 Å². The summed E-state index contributed by atoms with van der Waals surface area (Å²) < 4.78 is 38.1. The van der Waals surface area contributed by atoms with Crippen LogP contribution in [-0.2, 0) is 11.2 Å². The van der Waals surface area contributed by atoms with Gasteiger partial charge in [-0.15, -0.1) is 0 Å². The maximum absolute atomic E-state index is 12.7. The number of alkyl halides is 3. The number of hydrogen-bond donors (Lipinski definition) is 0. The molecule has 1 aromatic rings. The first-order valence-electron chi connectivity index (χ1n) is 8.71. The van der Waals surface area contributed by atoms with Crippen LogP contribution in [0.5, 0.6) is 0 Å². The first-order chi connectivity index (χ1) is 11.9. The van der Waals surface area contributed by atoms with Gasteiger partial charge < -0.3 is 0 Å². The predicted octanol–water partition coefficient (Wildman–Crippen LogP) is 4.47. The number of nitrogens with zero attached hydrogens (tertiary/aromatic N) is 1. The van der Waals surface area contributed by atoms with Crippen molar-refractivity contribution in [3.8, 4) is 0 Å². The van der Waals surface area contributed by atoms with Crippen LogP contribution in [0, 0.1) is 0 Å². The SMILES string of the molecule is O=C(C1=CCC(Cc2ccccc2)(N2CCCCC2)C=C1)C(F)(F)F. The molecule has 25 heavy (non-hydrogen) atoms. The minimum Gasteiger partial charge on any atom is -0.294 e. The van der Waals surface area contributed by atoms with Crippen molar-refractivity contribution in [1.82, 2.24) is 4.90 Å². The first kappa shape index (κ1) is 17.9. The van der Waals surface area contributed by atoms with E-state index in [9.17, 15) is 18.0 Å². The molecule has 1 fully saturated rings. The molecule has 2 aliphatic rings. The number of rotatable bonds is 4. The van der Waals surface area contributed by atoms with E-state index in [1.54, 1.807) is 0 Å². The summed E-state index contributed by atoms with van der Waals surface area (Å²) >= 11 is 0. The Kier molecular flexibility index (Phi) is 5.13. The third-order valence-electron chi connectivity index (χ3n) is 5.11. The zero-order valence-corrected chi connectivity index (χ0v) is 14.1. The number of benzene rings is 1. The Hall–Kier alpha value is -1.88. The molecule has 1 atom stereocenters. The van der Waals surface area contributed by atoms with Gasteiger partial charge in [0.05, 0.1) is 0 Å². The monoisotopic (exact) mass is 349 g/mol. The van der Waals surface area contributed by atoms with Gasteiger partial charge in [-0.2, -0.15) is 13.2 Å². The van der Waals surface area contributed by atoms with Crippen LogP contribution in [0.1, 0.15) is 31.2 Å². The second-order valence-electron chi connectivity index (χ2n) is 6.84. The molecule has 0 radical (unpaired) electrons. The van der Waals surface area contributed by atoms with E-state index in [1.807, 2.05) is 36.4 Å². The molecule has 1 heterocycles. The van der Waals surface area contributed by atoms with Gasteiger partial charge in [0.15, 0.2) is 0 Å². The topological polar surface area (TPSA) is 20.3 Å². The zero-order chi connectivity index (χ0) is 17.9. The molecule has 3 rings (SSSR count). The number of carbonyl (C=O) groups excluding carboxylic acids is 1. The molecular weight excluding hydrogens is 327 g/mol. The summed E-state index contributed by atoms with van der Waals surface area (Å²) in [6.07, 6.45) is 4.39. The van der Waals surface area contributed by atoms with E-state index >= 15 is 0 Å². The van der Waals surface area contributed by atoms with Crippen molar-refractivity contribution in [2.75, 3.05) is 13.1 Å². The highest BCUT2D eigenvalue weighted by Gasteiger charge is 2.42. The molecule has 1 aliphatic heterocycles. The maximum atomic E-state index is 12.7. The molecule has 0 amide bonds. The summed E-state index contributed by atoms with van der Waals surface area (Å²) in [4.78, 5) is 13.9. The number of likely N-dealkylation sites (tertiary alicyclic amines) is 1. The molecule has 0 bridgehead atoms. The summed E-state index contributed by atoms with van der Waals surface area (Å²) in [6.45, 7) is 1.88. The second kappa shape index (κ2) is 7.16. The van der Waals surface area contributed by atoms with Gasteiger partial charge in [0, 0.05) is 11.1 Å². The number of hydrogen-bond acceptors (Lipinski definition) is 2. The molecule has 5 heteroatoms. The molecule has 1 aliphatic carbocycles. The lowest BCUT2D eigenvalue weighted by Gasteiger charge is -2.45. The molecule has 1 aromatic carbocycles. The van der Waals surface area contributed by atoms with Crippen molar-refractivity contribution in [3.63, 3.8) is 0 Å². The van der Waals surface area contributed by atoms with Crippen LogP contribution in [-0.4, -0.2) is 35.5 Å². The van der Waals surface area contributed by atoms with Crippen molar-refractivity contribution >= 4 is 5.78 Å². The minimum atomic E-state index is -4.82. The highest BCUT2D eigenvalue weighted by molar-refractivity contribution is 6.02. The number of halogens is 3. The Bertz CT molecular complexity index is 672. The smallest absolute Gasteiger partial charge is 0.294 e. The van der Waals surface area contributed by atoms with Crippen molar-refractivity contribution in [1.29, 1.82) is 0 Å². The molecule has 0 spiro atoms. The van der Waals surface area contributed by atoms with Gasteiger partial charge in [-0.3, -0.25) is 9.69 Å². The molecule has 0 aromatic heterocycles. The van der Waals surface area contributed by atoms with E-state index in [1.165, 1.54) is 18.6 Å². The third kappa shape index (κ3) is 4.03. The fourth-order valence-electron chi connectivity index (χ4n) is 3.77. The molecule has 0 saturated carbocycles. The number of ketones is 1. The van der Waals surface area contributed by atoms with Crippen molar-refractivity contribution in [2.24, 2.45) is 0 Å². The molecule has 134 valence electrons. The Balaban J connectivity index is 1.86. The summed E-state index contributed by atoms with van der Waals surface area (Å²) in [5, 5.41) is 0. The van der Waals surface area contributed by atoms with Crippen LogP contribution < -0.4 is 0 Å². The van der Waals surface area contributed by atoms with Crippen LogP contribution >= 0.6 is 0 Å². The van der Waals surface area contributed by atoms with Gasteiger partial charge in [0.2, 0.25) is 0 Å². The van der Waals surface area contributed by atoms with E-state index in [2.05, 4.69) is 4.90 Å². The number of piperidine rings is 1. The molecular formula is C20H22F3NO. The lowest BCUT2D eigenvalue weighted by atomic mass is 9.80. The van der Waals surface area contributed by atoms with Crippen molar-refractivity contribution in [3.05, 3.63) is 59.7 Å². The van der Waals surface area contributed by atoms with Crippen molar-refractivity contribution in [2.45, 2.75) is 43.8 Å². The van der Waals surface area contributed by atoms with Gasteiger partial charge in [0.1, 0.15) is 0 Å². The van der Waals surface area contributed by atoms with E-state index < -0.39 is 12.0 Å². The van der Waals surface area contributed by atoms with Gasteiger partial charge in [0.25, 0.3) is 5.78 Å². The summed E-state index contributed by atoms with van der Waals surface area (Å²) in [7, 11) is 0. The highest BCUT2D eigenvalue weighted by Crippen LogP contribution is 2.35. The van der Waals surface area contributed by atoms with E-state index in [0.717, 1.165) is 37.9 Å². The van der Waals surface area contributed by atoms with E-state index in [4.69, 9.17) is 0 Å². The average molecular weight is 349 g/mol. The third-order valence-corrected chi connectivity index (χ3v) is 5.11. The van der Waals surface area contributed by atoms with Crippen LogP contribution in [0.15, 0.2) is 54.1 Å². The lowest BCUT2D eigenvalue weighted by molar-refractivity contribution is -0.166. The molecule has 2 nitrogen and oxygen atoms in total. The fourth-order valence-corrected chi connectivity index (χ4v) is 3.77. The van der Waals surface area contributed by atoms with Gasteiger partial charge >= 0.3 is 6.18 Å². The average Bonchev–Trinajstić information content (AvgIpc) is 2.62. The quantitative estimate of drug-likeness (QED) is 0.799. The first-order valence-corrected chi connectivity index (χ1v) is 8.71. The van der Waals surface area contributed by atoms with E-state index in [-0.39, 0.29) is 11.1 Å². The number of allylic oxidation sites excluding steroid dienone is 2. The second-order valence-corrected chi connectivity index (χ2v) is 6.84. The van der Waals surface area contributed by atoms with Crippen LogP contribution in [0.2, 0.25) is 0 Å². The Morgan fingerprint density at radius 1 is 1.08 bits per heavy atom. The number of carbonyl (C=O) groups is 1. The van der Waals surface area contributed by atoms with Crippen LogP contribution in [0.3, 0.4) is 0 Å². The molecule has 1 unspecified atom stereocenters. The van der Waals surface area contributed by atoms with Gasteiger partial charge in [-0.25, -0.2) is 0 Å². The minimum absolute atomic E-state index is 0.242.